The van der Waals surface area contributed by atoms with Crippen LogP contribution in [0.4, 0.5) is 4.39 Å². The van der Waals surface area contributed by atoms with Crippen molar-refractivity contribution in [1.29, 1.82) is 0 Å². The molecule has 154 valence electrons. The number of hydrogen-bond acceptors (Lipinski definition) is 5. The van der Waals surface area contributed by atoms with Gasteiger partial charge in [-0.15, -0.1) is 0 Å². The van der Waals surface area contributed by atoms with E-state index in [0.29, 0.717) is 54.3 Å². The molecule has 3 aromatic rings. The molecule has 1 aliphatic heterocycles. The number of carbonyl (C=O) groups is 2. The second kappa shape index (κ2) is 8.06. The molecule has 2 heterocycles. The number of carbonyl (C=O) groups excluding carboxylic acids is 2. The molecule has 0 atom stereocenters. The Labute approximate surface area is 172 Å². The van der Waals surface area contributed by atoms with Crippen molar-refractivity contribution in [3.63, 3.8) is 0 Å². The molecule has 2 aromatic carbocycles. The molecule has 0 radical (unpaired) electrons. The van der Waals surface area contributed by atoms with Crippen LogP contribution in [0.15, 0.2) is 40.9 Å². The van der Waals surface area contributed by atoms with Crippen LogP contribution in [0.1, 0.15) is 39.4 Å². The summed E-state index contributed by atoms with van der Waals surface area (Å²) in [6.07, 6.45) is 1.14. The van der Waals surface area contributed by atoms with E-state index in [9.17, 15) is 14.0 Å². The summed E-state index contributed by atoms with van der Waals surface area (Å²) in [7, 11) is 0. The van der Waals surface area contributed by atoms with Gasteiger partial charge in [-0.1, -0.05) is 17.3 Å². The minimum absolute atomic E-state index is 0.0255. The van der Waals surface area contributed by atoms with E-state index in [2.05, 4.69) is 10.1 Å². The zero-order valence-corrected chi connectivity index (χ0v) is 16.5. The van der Waals surface area contributed by atoms with E-state index < -0.39 is 5.91 Å². The van der Waals surface area contributed by atoms with Gasteiger partial charge in [0.15, 0.2) is 0 Å². The van der Waals surface area contributed by atoms with Crippen LogP contribution in [0.25, 0.3) is 11.4 Å². The SMILES string of the molecule is Cc1cc(-c2noc(CCC(=O)N3CCc4c(cccc4C(N)=O)C3)n2)ccc1F. The highest BCUT2D eigenvalue weighted by molar-refractivity contribution is 5.94. The van der Waals surface area contributed by atoms with Gasteiger partial charge in [0.1, 0.15) is 5.82 Å². The first-order chi connectivity index (χ1) is 14.4. The minimum Gasteiger partial charge on any atom is -0.366 e. The maximum absolute atomic E-state index is 13.4. The van der Waals surface area contributed by atoms with Crippen LogP contribution in [0.2, 0.25) is 0 Å². The summed E-state index contributed by atoms with van der Waals surface area (Å²) in [5.74, 6) is -0.0445. The van der Waals surface area contributed by atoms with Gasteiger partial charge >= 0.3 is 0 Å². The molecule has 7 nitrogen and oxygen atoms in total. The summed E-state index contributed by atoms with van der Waals surface area (Å²) in [6, 6.07) is 10.0. The normalized spacial score (nSPS) is 13.2. The van der Waals surface area contributed by atoms with E-state index in [0.717, 1.165) is 11.1 Å². The summed E-state index contributed by atoms with van der Waals surface area (Å²) >= 11 is 0. The van der Waals surface area contributed by atoms with E-state index >= 15 is 0 Å². The Morgan fingerprint density at radius 2 is 2.10 bits per heavy atom. The third-order valence-corrected chi connectivity index (χ3v) is 5.32. The van der Waals surface area contributed by atoms with Crippen LogP contribution in [-0.4, -0.2) is 33.4 Å². The van der Waals surface area contributed by atoms with Crippen molar-refractivity contribution in [3.8, 4) is 11.4 Å². The minimum atomic E-state index is -0.449. The Balaban J connectivity index is 1.39. The molecule has 1 aliphatic rings. The Kier molecular flexibility index (Phi) is 5.31. The topological polar surface area (TPSA) is 102 Å². The van der Waals surface area contributed by atoms with E-state index in [4.69, 9.17) is 10.3 Å². The maximum Gasteiger partial charge on any atom is 0.248 e. The number of benzene rings is 2. The number of nitrogens with two attached hydrogens (primary N) is 1. The lowest BCUT2D eigenvalue weighted by molar-refractivity contribution is -0.132. The Morgan fingerprint density at radius 1 is 1.27 bits per heavy atom. The molecule has 0 fully saturated rings. The predicted octanol–water partition coefficient (Wildman–Crippen LogP) is 2.80. The van der Waals surface area contributed by atoms with Crippen LogP contribution in [0.5, 0.6) is 0 Å². The van der Waals surface area contributed by atoms with Crippen molar-refractivity contribution in [3.05, 3.63) is 70.4 Å². The summed E-state index contributed by atoms with van der Waals surface area (Å²) in [6.45, 7) is 2.64. The number of fused-ring (bicyclic) bond motifs is 1. The van der Waals surface area contributed by atoms with E-state index in [1.807, 2.05) is 6.07 Å². The Bertz CT molecular complexity index is 1130. The molecule has 0 saturated carbocycles. The lowest BCUT2D eigenvalue weighted by Crippen LogP contribution is -2.37. The van der Waals surface area contributed by atoms with Gasteiger partial charge < -0.3 is 15.2 Å². The molecule has 30 heavy (non-hydrogen) atoms. The van der Waals surface area contributed by atoms with Crippen LogP contribution in [0.3, 0.4) is 0 Å². The second-order valence-corrected chi connectivity index (χ2v) is 7.35. The van der Waals surface area contributed by atoms with Gasteiger partial charge in [-0.3, -0.25) is 9.59 Å². The highest BCUT2D eigenvalue weighted by atomic mass is 19.1. The largest absolute Gasteiger partial charge is 0.366 e. The molecule has 8 heteroatoms. The molecule has 0 bridgehead atoms. The fraction of sp³-hybridized carbons (Fsp3) is 0.273. The van der Waals surface area contributed by atoms with Crippen LogP contribution in [-0.2, 0) is 24.2 Å². The first-order valence-electron chi connectivity index (χ1n) is 9.70. The molecule has 0 saturated heterocycles. The average Bonchev–Trinajstić information content (AvgIpc) is 3.22. The number of halogens is 1. The third-order valence-electron chi connectivity index (χ3n) is 5.32. The maximum atomic E-state index is 13.4. The Hall–Kier alpha value is -3.55. The van der Waals surface area contributed by atoms with Crippen LogP contribution in [0, 0.1) is 12.7 Å². The first kappa shape index (κ1) is 19.8. The van der Waals surface area contributed by atoms with Gasteiger partial charge in [0, 0.05) is 37.1 Å². The van der Waals surface area contributed by atoms with Gasteiger partial charge in [-0.25, -0.2) is 4.39 Å². The highest BCUT2D eigenvalue weighted by Crippen LogP contribution is 2.24. The highest BCUT2D eigenvalue weighted by Gasteiger charge is 2.24. The summed E-state index contributed by atoms with van der Waals surface area (Å²) in [4.78, 5) is 30.3. The molecular weight excluding hydrogens is 387 g/mol. The third kappa shape index (κ3) is 3.94. The number of aryl methyl sites for hydroxylation is 2. The first-order valence-corrected chi connectivity index (χ1v) is 9.70. The number of rotatable bonds is 5. The van der Waals surface area contributed by atoms with Gasteiger partial charge in [-0.05, 0) is 54.3 Å². The predicted molar refractivity (Wildman–Crippen MR) is 107 cm³/mol. The Morgan fingerprint density at radius 3 is 2.87 bits per heavy atom. The van der Waals surface area contributed by atoms with E-state index in [1.165, 1.54) is 6.07 Å². The monoisotopic (exact) mass is 408 g/mol. The number of hydrogen-bond donors (Lipinski definition) is 1. The van der Waals surface area contributed by atoms with Gasteiger partial charge in [0.25, 0.3) is 0 Å². The molecule has 0 spiro atoms. The summed E-state index contributed by atoms with van der Waals surface area (Å²) in [5.41, 5.74) is 8.99. The average molecular weight is 408 g/mol. The number of aromatic nitrogens is 2. The molecular formula is C22H21FN4O3. The van der Waals surface area contributed by atoms with Gasteiger partial charge in [0.05, 0.1) is 0 Å². The fourth-order valence-electron chi connectivity index (χ4n) is 3.68. The zero-order valence-electron chi connectivity index (χ0n) is 16.5. The summed E-state index contributed by atoms with van der Waals surface area (Å²) in [5, 5.41) is 3.93. The van der Waals surface area contributed by atoms with Crippen molar-refractivity contribution < 1.29 is 18.5 Å². The fourth-order valence-corrected chi connectivity index (χ4v) is 3.68. The molecule has 1 aromatic heterocycles. The van der Waals surface area contributed by atoms with Crippen molar-refractivity contribution in [1.82, 2.24) is 15.0 Å². The molecule has 2 N–H and O–H groups in total. The van der Waals surface area contributed by atoms with Gasteiger partial charge in [-0.2, -0.15) is 4.98 Å². The standard InChI is InChI=1S/C22H21FN4O3/c1-13-11-14(5-6-18(13)23)22-25-19(30-26-22)7-8-20(28)27-10-9-16-15(12-27)3-2-4-17(16)21(24)29/h2-6,11H,7-10,12H2,1H3,(H2,24,29). The lowest BCUT2D eigenvalue weighted by Gasteiger charge is -2.29. The number of primary amides is 1. The van der Waals surface area contributed by atoms with Crippen molar-refractivity contribution >= 4 is 11.8 Å². The quantitative estimate of drug-likeness (QED) is 0.699. The number of amides is 2. The zero-order chi connectivity index (χ0) is 21.3. The molecule has 4 rings (SSSR count). The van der Waals surface area contributed by atoms with E-state index in [1.54, 1.807) is 36.1 Å². The van der Waals surface area contributed by atoms with Crippen molar-refractivity contribution in [2.24, 2.45) is 5.73 Å². The smallest absolute Gasteiger partial charge is 0.248 e. The van der Waals surface area contributed by atoms with Crippen molar-refractivity contribution in [2.75, 3.05) is 6.54 Å². The van der Waals surface area contributed by atoms with Crippen molar-refractivity contribution in [2.45, 2.75) is 32.7 Å². The van der Waals surface area contributed by atoms with Crippen LogP contribution < -0.4 is 5.73 Å². The molecule has 2 amide bonds. The summed E-state index contributed by atoms with van der Waals surface area (Å²) < 4.78 is 18.7. The van der Waals surface area contributed by atoms with E-state index in [-0.39, 0.29) is 18.1 Å². The lowest BCUT2D eigenvalue weighted by atomic mass is 9.94. The molecule has 0 aliphatic carbocycles. The van der Waals surface area contributed by atoms with Crippen LogP contribution >= 0.6 is 0 Å². The van der Waals surface area contributed by atoms with Gasteiger partial charge in [0.2, 0.25) is 23.5 Å². The molecule has 0 unspecified atom stereocenters. The second-order valence-electron chi connectivity index (χ2n) is 7.35. The number of nitrogens with zero attached hydrogens (tertiary/aromatic N) is 3.